The number of benzene rings is 2. The van der Waals surface area contributed by atoms with Gasteiger partial charge in [0.1, 0.15) is 5.75 Å². The summed E-state index contributed by atoms with van der Waals surface area (Å²) in [5, 5.41) is 40.5. The number of hydrogen-bond donors (Lipinski definition) is 3. The highest BCUT2D eigenvalue weighted by atomic mass is 16.4. The van der Waals surface area contributed by atoms with Crippen LogP contribution in [0.3, 0.4) is 0 Å². The van der Waals surface area contributed by atoms with Crippen LogP contribution in [0.4, 0.5) is 5.69 Å². The van der Waals surface area contributed by atoms with Gasteiger partial charge in [0.05, 0.1) is 17.4 Å². The molecule has 0 saturated heterocycles. The Kier molecular flexibility index (Phi) is 5.18. The van der Waals surface area contributed by atoms with Crippen molar-refractivity contribution in [1.82, 2.24) is 9.55 Å². The largest absolute Gasteiger partial charge is 0.507 e. The standard InChI is InChI=1S/C26H20N4O4/c31-22-12-4-2-9-19(22)17-7-5-13-26(15-17,25(33)34)29-28-23-20-10-1-3-11-21(20)30(24(23)32)18-8-6-14-27-16-18/h1-14,16,31-32H,15H2,(H,33,34). The van der Waals surface area contributed by atoms with Crippen LogP contribution < -0.4 is 0 Å². The molecule has 8 heteroatoms. The molecule has 4 aromatic rings. The Bertz CT molecular complexity index is 1490. The molecule has 0 spiro atoms. The van der Waals surface area contributed by atoms with Gasteiger partial charge in [-0.2, -0.15) is 5.11 Å². The van der Waals surface area contributed by atoms with Gasteiger partial charge in [0.25, 0.3) is 0 Å². The lowest BCUT2D eigenvalue weighted by atomic mass is 9.84. The quantitative estimate of drug-likeness (QED) is 0.351. The number of carboxylic acid groups (broad SMARTS) is 1. The Balaban J connectivity index is 1.60. The fraction of sp³-hybridized carbons (Fsp3) is 0.0769. The summed E-state index contributed by atoms with van der Waals surface area (Å²) in [4.78, 5) is 16.5. The smallest absolute Gasteiger partial charge is 0.337 e. The number of rotatable bonds is 5. The average Bonchev–Trinajstić information content (AvgIpc) is 3.14. The number of aromatic hydroxyl groups is 2. The Morgan fingerprint density at radius 3 is 2.59 bits per heavy atom. The molecule has 1 aliphatic carbocycles. The van der Waals surface area contributed by atoms with Gasteiger partial charge in [-0.3, -0.25) is 9.55 Å². The zero-order valence-corrected chi connectivity index (χ0v) is 17.9. The SMILES string of the molecule is O=C(O)C1(N=Nc2c(O)n(-c3cccnc3)c3ccccc23)C=CC=C(c2ccccc2O)C1. The van der Waals surface area contributed by atoms with E-state index in [4.69, 9.17) is 0 Å². The van der Waals surface area contributed by atoms with Crippen molar-refractivity contribution in [3.63, 3.8) is 0 Å². The van der Waals surface area contributed by atoms with Gasteiger partial charge in [0, 0.05) is 23.6 Å². The van der Waals surface area contributed by atoms with E-state index >= 15 is 0 Å². The number of aliphatic carboxylic acids is 1. The molecule has 0 bridgehead atoms. The molecule has 0 saturated carbocycles. The zero-order chi connectivity index (χ0) is 23.7. The lowest BCUT2D eigenvalue weighted by molar-refractivity contribution is -0.141. The number of pyridine rings is 1. The molecular weight excluding hydrogens is 432 g/mol. The third-order valence-corrected chi connectivity index (χ3v) is 5.81. The molecule has 0 fully saturated rings. The number of carbonyl (C=O) groups is 1. The Hall–Kier alpha value is -4.72. The molecule has 1 atom stereocenters. The molecule has 0 aliphatic heterocycles. The Morgan fingerprint density at radius 1 is 1.03 bits per heavy atom. The summed E-state index contributed by atoms with van der Waals surface area (Å²) >= 11 is 0. The van der Waals surface area contributed by atoms with E-state index in [0.29, 0.717) is 27.7 Å². The van der Waals surface area contributed by atoms with Gasteiger partial charge in [0.2, 0.25) is 11.4 Å². The average molecular weight is 452 g/mol. The molecule has 168 valence electrons. The van der Waals surface area contributed by atoms with Crippen LogP contribution in [0.1, 0.15) is 12.0 Å². The number of hydrogen-bond acceptors (Lipinski definition) is 6. The minimum atomic E-state index is -1.70. The van der Waals surface area contributed by atoms with E-state index in [9.17, 15) is 20.1 Å². The summed E-state index contributed by atoms with van der Waals surface area (Å²) in [6, 6.07) is 17.5. The van der Waals surface area contributed by atoms with E-state index in [1.165, 1.54) is 6.08 Å². The van der Waals surface area contributed by atoms with E-state index < -0.39 is 11.5 Å². The van der Waals surface area contributed by atoms with Gasteiger partial charge in [-0.1, -0.05) is 48.6 Å². The van der Waals surface area contributed by atoms with Crippen molar-refractivity contribution in [2.45, 2.75) is 12.0 Å². The molecule has 34 heavy (non-hydrogen) atoms. The van der Waals surface area contributed by atoms with Crippen molar-refractivity contribution in [3.05, 3.63) is 96.8 Å². The van der Waals surface area contributed by atoms with Crippen LogP contribution in [0.25, 0.3) is 22.2 Å². The summed E-state index contributed by atoms with van der Waals surface area (Å²) in [7, 11) is 0. The zero-order valence-electron chi connectivity index (χ0n) is 17.9. The van der Waals surface area contributed by atoms with Gasteiger partial charge in [-0.15, -0.1) is 5.11 Å². The molecule has 0 amide bonds. The van der Waals surface area contributed by atoms with Gasteiger partial charge in [-0.25, -0.2) is 4.79 Å². The van der Waals surface area contributed by atoms with E-state index in [-0.39, 0.29) is 23.7 Å². The number of allylic oxidation sites excluding steroid dienone is 2. The Morgan fingerprint density at radius 2 is 1.82 bits per heavy atom. The van der Waals surface area contributed by atoms with E-state index in [1.807, 2.05) is 12.1 Å². The fourth-order valence-corrected chi connectivity index (χ4v) is 4.11. The lowest BCUT2D eigenvalue weighted by Gasteiger charge is -2.25. The summed E-state index contributed by atoms with van der Waals surface area (Å²) in [5.41, 5.74) is 0.920. The lowest BCUT2D eigenvalue weighted by Crippen LogP contribution is -2.35. The van der Waals surface area contributed by atoms with Crippen LogP contribution >= 0.6 is 0 Å². The van der Waals surface area contributed by atoms with Crippen LogP contribution in [0.2, 0.25) is 0 Å². The molecule has 2 aromatic carbocycles. The summed E-state index contributed by atoms with van der Waals surface area (Å²) in [5.74, 6) is -1.31. The highest BCUT2D eigenvalue weighted by Gasteiger charge is 2.39. The van der Waals surface area contributed by atoms with Crippen molar-refractivity contribution >= 4 is 28.1 Å². The first-order chi connectivity index (χ1) is 16.5. The second-order valence-corrected chi connectivity index (χ2v) is 7.91. The van der Waals surface area contributed by atoms with Crippen molar-refractivity contribution in [2.24, 2.45) is 10.2 Å². The molecule has 3 N–H and O–H groups in total. The van der Waals surface area contributed by atoms with E-state index in [2.05, 4.69) is 15.2 Å². The second kappa shape index (κ2) is 8.32. The Labute approximate surface area is 194 Å². The first-order valence-electron chi connectivity index (χ1n) is 10.6. The normalized spacial score (nSPS) is 17.8. The molecule has 1 aliphatic rings. The molecule has 2 aromatic heterocycles. The van der Waals surface area contributed by atoms with Crippen LogP contribution in [-0.4, -0.2) is 36.4 Å². The number of aromatic nitrogens is 2. The van der Waals surface area contributed by atoms with Crippen LogP contribution in [-0.2, 0) is 4.79 Å². The number of phenols is 1. The first kappa shape index (κ1) is 21.1. The number of phenolic OH excluding ortho intramolecular Hbond substituents is 1. The first-order valence-corrected chi connectivity index (χ1v) is 10.6. The van der Waals surface area contributed by atoms with Gasteiger partial charge in [-0.05, 0) is 35.9 Å². The van der Waals surface area contributed by atoms with E-state index in [1.54, 1.807) is 77.6 Å². The summed E-state index contributed by atoms with van der Waals surface area (Å²) < 4.78 is 1.59. The fourth-order valence-electron chi connectivity index (χ4n) is 4.11. The molecule has 5 rings (SSSR count). The second-order valence-electron chi connectivity index (χ2n) is 7.91. The van der Waals surface area contributed by atoms with E-state index in [0.717, 1.165) is 0 Å². The summed E-state index contributed by atoms with van der Waals surface area (Å²) in [6.07, 6.45) is 8.03. The highest BCUT2D eigenvalue weighted by molar-refractivity contribution is 5.96. The monoisotopic (exact) mass is 452 g/mol. The number of azo groups is 1. The third kappa shape index (κ3) is 3.51. The number of nitrogens with zero attached hydrogens (tertiary/aromatic N) is 4. The molecule has 2 heterocycles. The topological polar surface area (TPSA) is 120 Å². The maximum atomic E-state index is 12.4. The summed E-state index contributed by atoms with van der Waals surface area (Å²) in [6.45, 7) is 0. The van der Waals surface area contributed by atoms with Crippen LogP contribution in [0.5, 0.6) is 11.6 Å². The van der Waals surface area contributed by atoms with Crippen molar-refractivity contribution in [1.29, 1.82) is 0 Å². The highest BCUT2D eigenvalue weighted by Crippen LogP contribution is 2.43. The minimum absolute atomic E-state index is 0.0120. The number of fused-ring (bicyclic) bond motifs is 1. The van der Waals surface area contributed by atoms with Crippen molar-refractivity contribution < 1.29 is 20.1 Å². The third-order valence-electron chi connectivity index (χ3n) is 5.81. The number of para-hydroxylation sites is 2. The van der Waals surface area contributed by atoms with Gasteiger partial charge >= 0.3 is 5.97 Å². The molecule has 0 radical (unpaired) electrons. The minimum Gasteiger partial charge on any atom is -0.507 e. The van der Waals surface area contributed by atoms with Crippen molar-refractivity contribution in [2.75, 3.05) is 0 Å². The molecule has 1 unspecified atom stereocenters. The van der Waals surface area contributed by atoms with Crippen molar-refractivity contribution in [3.8, 4) is 17.3 Å². The maximum Gasteiger partial charge on any atom is 0.337 e. The molecule has 8 nitrogen and oxygen atoms in total. The van der Waals surface area contributed by atoms with Gasteiger partial charge in [0.15, 0.2) is 5.69 Å². The predicted molar refractivity (Wildman–Crippen MR) is 127 cm³/mol. The van der Waals surface area contributed by atoms with Crippen LogP contribution in [0, 0.1) is 0 Å². The predicted octanol–water partition coefficient (Wildman–Crippen LogP) is 5.39. The van der Waals surface area contributed by atoms with Crippen LogP contribution in [0.15, 0.2) is 102 Å². The maximum absolute atomic E-state index is 12.4. The van der Waals surface area contributed by atoms with Gasteiger partial charge < -0.3 is 15.3 Å². The molecular formula is C26H20N4O4. The number of carboxylic acids is 1.